The van der Waals surface area contributed by atoms with Crippen LogP contribution in [0.25, 0.3) is 55.6 Å². The molecule has 2 aliphatic carbocycles. The fraction of sp³-hybridized carbons (Fsp3) is 0.0323. The molecule has 0 unspecified atom stereocenters. The van der Waals surface area contributed by atoms with Crippen molar-refractivity contribution in [1.29, 1.82) is 0 Å². The molecule has 0 aromatic heterocycles. The van der Waals surface area contributed by atoms with Crippen LogP contribution in [-0.2, 0) is 10.8 Å². The average molecular weight is 821 g/mol. The van der Waals surface area contributed by atoms with Gasteiger partial charge in [-0.1, -0.05) is 230 Å². The molecule has 0 atom stereocenters. The van der Waals surface area contributed by atoms with Gasteiger partial charge in [0.2, 0.25) is 0 Å². The zero-order valence-corrected chi connectivity index (χ0v) is 35.3. The smallest absolute Gasteiger partial charge is 0.0713 e. The van der Waals surface area contributed by atoms with Crippen LogP contribution in [0.15, 0.2) is 249 Å². The van der Waals surface area contributed by atoms with E-state index in [-0.39, 0.29) is 0 Å². The maximum absolute atomic E-state index is 6.35. The summed E-state index contributed by atoms with van der Waals surface area (Å²) in [6.45, 7) is 0. The molecule has 0 radical (unpaired) electrons. The van der Waals surface area contributed by atoms with Crippen molar-refractivity contribution in [2.45, 2.75) is 10.8 Å². The minimum Gasteiger partial charge on any atom is -0.0843 e. The van der Waals surface area contributed by atoms with Crippen molar-refractivity contribution in [2.75, 3.05) is 0 Å². The Hall–Kier alpha value is -7.51. The van der Waals surface area contributed by atoms with Crippen LogP contribution in [0.4, 0.5) is 0 Å². The number of hydrogen-bond donors (Lipinski definition) is 0. The Labute approximate surface area is 374 Å². The number of halogens is 1. The second-order valence-corrected chi connectivity index (χ2v) is 17.3. The van der Waals surface area contributed by atoms with Gasteiger partial charge in [-0.3, -0.25) is 0 Å². The van der Waals surface area contributed by atoms with Crippen LogP contribution in [0.1, 0.15) is 44.5 Å². The van der Waals surface area contributed by atoms with Crippen molar-refractivity contribution in [2.24, 2.45) is 0 Å². The van der Waals surface area contributed by atoms with Crippen LogP contribution in [0.5, 0.6) is 0 Å². The first-order valence-corrected chi connectivity index (χ1v) is 22.1. The van der Waals surface area contributed by atoms with Gasteiger partial charge in [-0.25, -0.2) is 0 Å². The highest BCUT2D eigenvalue weighted by atomic mass is 35.5. The monoisotopic (exact) mass is 820 g/mol. The van der Waals surface area contributed by atoms with E-state index in [1.165, 1.54) is 94.6 Å². The van der Waals surface area contributed by atoms with Crippen molar-refractivity contribution in [1.82, 2.24) is 0 Å². The third-order valence-corrected chi connectivity index (χ3v) is 14.0. The lowest BCUT2D eigenvalue weighted by Gasteiger charge is -2.34. The lowest BCUT2D eigenvalue weighted by Crippen LogP contribution is -2.28. The molecule has 0 fully saturated rings. The van der Waals surface area contributed by atoms with Crippen molar-refractivity contribution < 1.29 is 0 Å². The molecular weight excluding hydrogens is 780 g/mol. The molecule has 0 spiro atoms. The summed E-state index contributed by atoms with van der Waals surface area (Å²) in [6.07, 6.45) is 0. The zero-order chi connectivity index (χ0) is 42.0. The second kappa shape index (κ2) is 14.8. The van der Waals surface area contributed by atoms with Crippen LogP contribution in [-0.4, -0.2) is 0 Å². The standard InChI is InChI=1S/C62H41Cl/c63-52-34-29-44(30-35-52)47-33-38-56-55-37-32-46(40-59(55)62(60(56)41-47,50-19-9-3-10-20-50)51-21-11-4-12-22-51)43-27-25-42(26-28-43)45-31-36-54-53-23-13-14-24-57(53)61(58(54)39-45,48-15-5-1-6-16-48)49-17-7-2-8-18-49/h1-41H. The lowest BCUT2D eigenvalue weighted by atomic mass is 9.67. The van der Waals surface area contributed by atoms with Gasteiger partial charge >= 0.3 is 0 Å². The maximum atomic E-state index is 6.35. The molecule has 10 aromatic rings. The number of hydrogen-bond acceptors (Lipinski definition) is 0. The van der Waals surface area contributed by atoms with Gasteiger partial charge < -0.3 is 0 Å². The highest BCUT2D eigenvalue weighted by Crippen LogP contribution is 2.59. The first-order chi connectivity index (χ1) is 31.1. The molecule has 0 amide bonds. The maximum Gasteiger partial charge on any atom is 0.0713 e. The highest BCUT2D eigenvalue weighted by molar-refractivity contribution is 6.30. The van der Waals surface area contributed by atoms with E-state index in [0.717, 1.165) is 10.6 Å². The van der Waals surface area contributed by atoms with Gasteiger partial charge in [-0.2, -0.15) is 0 Å². The van der Waals surface area contributed by atoms with E-state index >= 15 is 0 Å². The first kappa shape index (κ1) is 37.3. The van der Waals surface area contributed by atoms with E-state index in [9.17, 15) is 0 Å². The molecule has 63 heavy (non-hydrogen) atoms. The van der Waals surface area contributed by atoms with Crippen LogP contribution in [0.3, 0.4) is 0 Å². The number of fused-ring (bicyclic) bond motifs is 6. The molecule has 0 saturated heterocycles. The molecule has 0 N–H and O–H groups in total. The van der Waals surface area contributed by atoms with Gasteiger partial charge in [0.05, 0.1) is 10.8 Å². The Kier molecular flexibility index (Phi) is 8.78. The number of benzene rings is 10. The fourth-order valence-electron chi connectivity index (χ4n) is 11.0. The molecule has 12 rings (SSSR count). The second-order valence-electron chi connectivity index (χ2n) is 16.9. The van der Waals surface area contributed by atoms with Crippen molar-refractivity contribution in [3.05, 3.63) is 298 Å². The van der Waals surface area contributed by atoms with E-state index in [2.05, 4.69) is 237 Å². The van der Waals surface area contributed by atoms with Gasteiger partial charge in [-0.05, 0) is 130 Å². The van der Waals surface area contributed by atoms with Gasteiger partial charge in [0.1, 0.15) is 0 Å². The summed E-state index contributed by atoms with van der Waals surface area (Å²) in [5.74, 6) is 0. The first-order valence-electron chi connectivity index (χ1n) is 21.8. The molecule has 10 aromatic carbocycles. The lowest BCUT2D eigenvalue weighted by molar-refractivity contribution is 0.769. The summed E-state index contributed by atoms with van der Waals surface area (Å²) >= 11 is 6.35. The topological polar surface area (TPSA) is 0 Å². The van der Waals surface area contributed by atoms with Crippen LogP contribution >= 0.6 is 11.6 Å². The van der Waals surface area contributed by atoms with Crippen molar-refractivity contribution in [3.8, 4) is 55.6 Å². The van der Waals surface area contributed by atoms with E-state index in [1.54, 1.807) is 0 Å². The quantitative estimate of drug-likeness (QED) is 0.150. The fourth-order valence-corrected chi connectivity index (χ4v) is 11.1. The average Bonchev–Trinajstić information content (AvgIpc) is 3.83. The predicted molar refractivity (Wildman–Crippen MR) is 262 cm³/mol. The molecule has 0 aliphatic heterocycles. The van der Waals surface area contributed by atoms with Crippen molar-refractivity contribution >= 4 is 11.6 Å². The molecule has 0 nitrogen and oxygen atoms in total. The SMILES string of the molecule is Clc1ccc(-c2ccc3c(c2)C(c2ccccc2)(c2ccccc2)c2cc(-c4ccc(-c5ccc6c(c5)C(c5ccccc5)(c5ccccc5)c5ccccc5-6)cc4)ccc2-3)cc1. The van der Waals surface area contributed by atoms with Gasteiger partial charge in [0.15, 0.2) is 0 Å². The van der Waals surface area contributed by atoms with Crippen LogP contribution in [0.2, 0.25) is 5.02 Å². The Morgan fingerprint density at radius 3 is 0.857 bits per heavy atom. The summed E-state index contributed by atoms with van der Waals surface area (Å²) in [5.41, 5.74) is 21.5. The molecular formula is C62H41Cl. The Morgan fingerprint density at radius 2 is 0.492 bits per heavy atom. The Morgan fingerprint density at radius 1 is 0.222 bits per heavy atom. The zero-order valence-electron chi connectivity index (χ0n) is 34.5. The van der Waals surface area contributed by atoms with E-state index < -0.39 is 10.8 Å². The predicted octanol–water partition coefficient (Wildman–Crippen LogP) is 16.1. The minimum atomic E-state index is -0.530. The number of rotatable bonds is 7. The van der Waals surface area contributed by atoms with E-state index in [1.807, 2.05) is 12.1 Å². The summed E-state index contributed by atoms with van der Waals surface area (Å²) in [5, 5.41) is 0.738. The van der Waals surface area contributed by atoms with Gasteiger partial charge in [-0.15, -0.1) is 0 Å². The summed E-state index contributed by atoms with van der Waals surface area (Å²) in [7, 11) is 0. The molecule has 296 valence electrons. The van der Waals surface area contributed by atoms with Crippen LogP contribution < -0.4 is 0 Å². The summed E-state index contributed by atoms with van der Waals surface area (Å²) in [6, 6.07) is 91.7. The van der Waals surface area contributed by atoms with Gasteiger partial charge in [0, 0.05) is 5.02 Å². The Balaban J connectivity index is 0.991. The highest BCUT2D eigenvalue weighted by Gasteiger charge is 2.47. The molecule has 0 heterocycles. The normalized spacial score (nSPS) is 13.7. The third kappa shape index (κ3) is 5.69. The van der Waals surface area contributed by atoms with Crippen molar-refractivity contribution in [3.63, 3.8) is 0 Å². The molecule has 0 saturated carbocycles. The molecule has 2 aliphatic rings. The van der Waals surface area contributed by atoms with E-state index in [0.29, 0.717) is 0 Å². The Bertz CT molecular complexity index is 3220. The van der Waals surface area contributed by atoms with E-state index in [4.69, 9.17) is 11.6 Å². The van der Waals surface area contributed by atoms with Gasteiger partial charge in [0.25, 0.3) is 0 Å². The largest absolute Gasteiger partial charge is 0.0843 e. The summed E-state index contributed by atoms with van der Waals surface area (Å²) in [4.78, 5) is 0. The minimum absolute atomic E-state index is 0.439. The summed E-state index contributed by atoms with van der Waals surface area (Å²) < 4.78 is 0. The molecule has 1 heteroatoms. The third-order valence-electron chi connectivity index (χ3n) is 13.7. The van der Waals surface area contributed by atoms with Crippen LogP contribution in [0, 0.1) is 0 Å². The molecule has 0 bridgehead atoms.